The van der Waals surface area contributed by atoms with Gasteiger partial charge >= 0.3 is 29.6 Å². The van der Waals surface area contributed by atoms with Crippen LogP contribution in [0.2, 0.25) is 0 Å². The Labute approximate surface area is 157 Å². The van der Waals surface area contributed by atoms with Crippen molar-refractivity contribution in [3.63, 3.8) is 0 Å². The predicted octanol–water partition coefficient (Wildman–Crippen LogP) is -1.24. The molecule has 0 fully saturated rings. The second-order valence-corrected chi connectivity index (χ2v) is 5.08. The fourth-order valence-electron chi connectivity index (χ4n) is 1.59. The Morgan fingerprint density at radius 2 is 1.48 bits per heavy atom. The maximum atomic E-state index is 10.8. The Balaban J connectivity index is 0.00000242. The van der Waals surface area contributed by atoms with Crippen LogP contribution in [0.1, 0.15) is 5.56 Å². The smallest absolute Gasteiger partial charge is 0.725 e. The quantitative estimate of drug-likeness (QED) is 0.281. The van der Waals surface area contributed by atoms with Crippen LogP contribution in [0, 0.1) is 0 Å². The van der Waals surface area contributed by atoms with E-state index in [1.54, 1.807) is 36.4 Å². The largest absolute Gasteiger partial charge is 1.00 e. The van der Waals surface area contributed by atoms with Crippen LogP contribution >= 0.6 is 0 Å². The van der Waals surface area contributed by atoms with Crippen LogP contribution < -0.4 is 34.3 Å². The zero-order valence-corrected chi connectivity index (χ0v) is 15.3. The SMILES string of the molecule is O.O=S(=O)([O-])OC(/C=C/c1ccccc1)Oc1ccccc1.[Na+]. The van der Waals surface area contributed by atoms with Gasteiger partial charge in [0, 0.05) is 0 Å². The van der Waals surface area contributed by atoms with Crippen molar-refractivity contribution < 1.29 is 56.9 Å². The first-order chi connectivity index (χ1) is 10.0. The molecule has 118 valence electrons. The second-order valence-electron chi connectivity index (χ2n) is 4.07. The number of ether oxygens (including phenoxy) is 1. The topological polar surface area (TPSA) is 107 Å². The standard InChI is InChI=1S/C15H14O5S.Na.H2O/c16-21(17,18)20-15(19-14-9-5-2-6-10-14)12-11-13-7-3-1-4-8-13;;/h1-12,15H,(H,16,17,18);;1H2/q;+1;/p-1/b12-11+;;. The first-order valence-corrected chi connectivity index (χ1v) is 7.45. The molecule has 0 radical (unpaired) electrons. The van der Waals surface area contributed by atoms with E-state index in [1.807, 2.05) is 30.3 Å². The summed E-state index contributed by atoms with van der Waals surface area (Å²) in [5.41, 5.74) is 0.825. The maximum Gasteiger partial charge on any atom is 1.00 e. The maximum absolute atomic E-state index is 10.8. The first kappa shape index (κ1) is 21.8. The molecule has 0 saturated heterocycles. The monoisotopic (exact) mass is 346 g/mol. The molecule has 8 heteroatoms. The third kappa shape index (κ3) is 8.87. The Morgan fingerprint density at radius 3 is 2.00 bits per heavy atom. The summed E-state index contributed by atoms with van der Waals surface area (Å²) in [6, 6.07) is 17.6. The predicted molar refractivity (Wildman–Crippen MR) is 80.7 cm³/mol. The normalized spacial score (nSPS) is 12.0. The number of para-hydroxylation sites is 1. The van der Waals surface area contributed by atoms with Crippen LogP contribution in [0.3, 0.4) is 0 Å². The van der Waals surface area contributed by atoms with Crippen molar-refractivity contribution in [1.29, 1.82) is 0 Å². The van der Waals surface area contributed by atoms with Crippen molar-refractivity contribution in [1.82, 2.24) is 0 Å². The summed E-state index contributed by atoms with van der Waals surface area (Å²) in [7, 11) is -4.87. The molecule has 0 aromatic heterocycles. The first-order valence-electron chi connectivity index (χ1n) is 6.12. The molecule has 23 heavy (non-hydrogen) atoms. The molecule has 1 atom stereocenters. The minimum absolute atomic E-state index is 0. The van der Waals surface area contributed by atoms with E-state index in [0.717, 1.165) is 5.56 Å². The number of hydrogen-bond donors (Lipinski definition) is 0. The molecule has 0 heterocycles. The van der Waals surface area contributed by atoms with Crippen molar-refractivity contribution in [2.24, 2.45) is 0 Å². The molecule has 0 aliphatic carbocycles. The van der Waals surface area contributed by atoms with Crippen molar-refractivity contribution in [3.8, 4) is 5.75 Å². The van der Waals surface area contributed by atoms with Crippen LogP contribution in [0.25, 0.3) is 6.08 Å². The van der Waals surface area contributed by atoms with Gasteiger partial charge in [0.15, 0.2) is 0 Å². The molecule has 0 amide bonds. The van der Waals surface area contributed by atoms with E-state index in [0.29, 0.717) is 5.75 Å². The van der Waals surface area contributed by atoms with Gasteiger partial charge in [0.05, 0.1) is 0 Å². The molecular formula is C15H15NaO6S. The van der Waals surface area contributed by atoms with E-state index in [4.69, 9.17) is 4.74 Å². The fraction of sp³-hybridized carbons (Fsp3) is 0.0667. The minimum atomic E-state index is -4.87. The summed E-state index contributed by atoms with van der Waals surface area (Å²) in [5, 5.41) is 0. The molecule has 2 aromatic rings. The Hall–Kier alpha value is -1.19. The molecule has 0 aliphatic heterocycles. The average molecular weight is 346 g/mol. The molecule has 0 saturated carbocycles. The van der Waals surface area contributed by atoms with Crippen LogP contribution in [0.5, 0.6) is 5.75 Å². The zero-order chi connectivity index (χ0) is 15.1. The molecular weight excluding hydrogens is 331 g/mol. The fourth-order valence-corrected chi connectivity index (χ4v) is 1.93. The van der Waals surface area contributed by atoms with Crippen molar-refractivity contribution in [2.45, 2.75) is 6.29 Å². The van der Waals surface area contributed by atoms with Gasteiger partial charge < -0.3 is 14.8 Å². The second kappa shape index (κ2) is 10.6. The van der Waals surface area contributed by atoms with E-state index < -0.39 is 16.7 Å². The zero-order valence-electron chi connectivity index (χ0n) is 12.5. The summed E-state index contributed by atoms with van der Waals surface area (Å²) in [6.07, 6.45) is 1.64. The summed E-state index contributed by atoms with van der Waals surface area (Å²) >= 11 is 0. The molecule has 0 spiro atoms. The van der Waals surface area contributed by atoms with Crippen molar-refractivity contribution in [3.05, 3.63) is 72.3 Å². The van der Waals surface area contributed by atoms with Gasteiger partial charge in [-0.15, -0.1) is 0 Å². The average Bonchev–Trinajstić information content (AvgIpc) is 2.45. The molecule has 2 rings (SSSR count). The minimum Gasteiger partial charge on any atom is -0.725 e. The Morgan fingerprint density at radius 1 is 0.957 bits per heavy atom. The Bertz CT molecular complexity index is 688. The van der Waals surface area contributed by atoms with Gasteiger partial charge in [-0.05, 0) is 23.8 Å². The third-order valence-corrected chi connectivity index (χ3v) is 2.88. The Kier molecular flexibility index (Phi) is 10.0. The molecule has 0 bridgehead atoms. The van der Waals surface area contributed by atoms with Crippen LogP contribution in [-0.2, 0) is 14.6 Å². The number of rotatable bonds is 6. The van der Waals surface area contributed by atoms with Gasteiger partial charge in [-0.2, -0.15) is 0 Å². The molecule has 2 N–H and O–H groups in total. The van der Waals surface area contributed by atoms with Crippen molar-refractivity contribution in [2.75, 3.05) is 0 Å². The van der Waals surface area contributed by atoms with Gasteiger partial charge in [0.1, 0.15) is 5.75 Å². The third-order valence-electron chi connectivity index (χ3n) is 2.45. The van der Waals surface area contributed by atoms with E-state index in [1.165, 1.54) is 6.08 Å². The molecule has 2 aromatic carbocycles. The number of hydrogen-bond acceptors (Lipinski definition) is 5. The van der Waals surface area contributed by atoms with Gasteiger partial charge in [-0.1, -0.05) is 54.6 Å². The van der Waals surface area contributed by atoms with Gasteiger partial charge in [-0.3, -0.25) is 0 Å². The molecule has 0 aliphatic rings. The van der Waals surface area contributed by atoms with Gasteiger partial charge in [-0.25, -0.2) is 12.6 Å². The number of benzene rings is 2. The van der Waals surface area contributed by atoms with Gasteiger partial charge in [0.2, 0.25) is 16.7 Å². The van der Waals surface area contributed by atoms with Crippen LogP contribution in [0.15, 0.2) is 66.7 Å². The van der Waals surface area contributed by atoms with Gasteiger partial charge in [0.25, 0.3) is 0 Å². The summed E-state index contributed by atoms with van der Waals surface area (Å²) in [5.74, 6) is 0.392. The van der Waals surface area contributed by atoms with E-state index in [9.17, 15) is 13.0 Å². The summed E-state index contributed by atoms with van der Waals surface area (Å²) in [6.45, 7) is 0. The van der Waals surface area contributed by atoms with E-state index in [2.05, 4.69) is 4.18 Å². The summed E-state index contributed by atoms with van der Waals surface area (Å²) < 4.78 is 41.9. The summed E-state index contributed by atoms with van der Waals surface area (Å²) in [4.78, 5) is 0. The van der Waals surface area contributed by atoms with E-state index in [-0.39, 0.29) is 35.0 Å². The molecule has 1 unspecified atom stereocenters. The van der Waals surface area contributed by atoms with Crippen molar-refractivity contribution >= 4 is 16.5 Å². The van der Waals surface area contributed by atoms with Crippen LogP contribution in [0.4, 0.5) is 0 Å². The van der Waals surface area contributed by atoms with E-state index >= 15 is 0 Å². The molecule has 6 nitrogen and oxygen atoms in total. The van der Waals surface area contributed by atoms with Crippen LogP contribution in [-0.4, -0.2) is 24.7 Å².